The van der Waals surface area contributed by atoms with Crippen LogP contribution in [-0.2, 0) is 11.2 Å². The Bertz CT molecular complexity index is 411. The maximum Gasteiger partial charge on any atom is 0.184 e. The molecule has 0 radical (unpaired) electrons. The van der Waals surface area contributed by atoms with Gasteiger partial charge in [-0.25, -0.2) is 4.99 Å². The van der Waals surface area contributed by atoms with E-state index >= 15 is 0 Å². The lowest BCUT2D eigenvalue weighted by atomic mass is 10.1. The van der Waals surface area contributed by atoms with E-state index < -0.39 is 0 Å². The fraction of sp³-hybridized carbons (Fsp3) is 0.462. The van der Waals surface area contributed by atoms with Crippen LogP contribution in [0.1, 0.15) is 36.9 Å². The molecule has 2 unspecified atom stereocenters. The molecule has 1 aliphatic carbocycles. The van der Waals surface area contributed by atoms with Crippen LogP contribution in [-0.4, -0.2) is 12.0 Å². The highest BCUT2D eigenvalue weighted by Gasteiger charge is 2.38. The van der Waals surface area contributed by atoms with Gasteiger partial charge in [0.1, 0.15) is 12.1 Å². The van der Waals surface area contributed by atoms with Crippen molar-refractivity contribution in [2.75, 3.05) is 0 Å². The molecule has 0 amide bonds. The summed E-state index contributed by atoms with van der Waals surface area (Å²) in [5.41, 5.74) is 2.78. The molecule has 2 aliphatic rings. The Hall–Kier alpha value is -1.31. The molecule has 1 heterocycles. The van der Waals surface area contributed by atoms with E-state index in [-0.39, 0.29) is 12.1 Å². The van der Waals surface area contributed by atoms with Crippen molar-refractivity contribution in [3.05, 3.63) is 35.4 Å². The summed E-state index contributed by atoms with van der Waals surface area (Å²) in [7, 11) is 0. The summed E-state index contributed by atoms with van der Waals surface area (Å²) in [4.78, 5) is 4.68. The van der Waals surface area contributed by atoms with E-state index in [1.165, 1.54) is 11.1 Å². The van der Waals surface area contributed by atoms with Crippen LogP contribution >= 0.6 is 0 Å². The molecule has 2 nitrogen and oxygen atoms in total. The largest absolute Gasteiger partial charge is 0.475 e. The second-order valence-electron chi connectivity index (χ2n) is 4.28. The Labute approximate surface area is 90.0 Å². The number of hydrogen-bond donors (Lipinski definition) is 0. The highest BCUT2D eigenvalue weighted by Crippen LogP contribution is 2.40. The number of aliphatic imine (C=N–C) groups is 1. The topological polar surface area (TPSA) is 21.6 Å². The van der Waals surface area contributed by atoms with E-state index in [1.54, 1.807) is 0 Å². The molecule has 0 N–H and O–H groups in total. The maximum absolute atomic E-state index is 5.86. The zero-order valence-corrected chi connectivity index (χ0v) is 8.94. The van der Waals surface area contributed by atoms with Crippen molar-refractivity contribution in [1.29, 1.82) is 0 Å². The second kappa shape index (κ2) is 3.37. The molecule has 78 valence electrons. The van der Waals surface area contributed by atoms with Crippen molar-refractivity contribution in [3.8, 4) is 0 Å². The molecule has 0 saturated carbocycles. The van der Waals surface area contributed by atoms with E-state index in [1.807, 2.05) is 0 Å². The first-order chi connectivity index (χ1) is 7.38. The van der Waals surface area contributed by atoms with Crippen LogP contribution in [0.4, 0.5) is 0 Å². The molecule has 2 atom stereocenters. The molecule has 0 spiro atoms. The first kappa shape index (κ1) is 8.96. The Kier molecular flexibility index (Phi) is 2.01. The Balaban J connectivity index is 1.91. The summed E-state index contributed by atoms with van der Waals surface area (Å²) in [5, 5.41) is 0. The van der Waals surface area contributed by atoms with E-state index in [0.717, 1.165) is 25.2 Å². The van der Waals surface area contributed by atoms with Crippen LogP contribution < -0.4 is 0 Å². The van der Waals surface area contributed by atoms with Crippen LogP contribution in [0, 0.1) is 0 Å². The first-order valence-corrected chi connectivity index (χ1v) is 5.69. The second-order valence-corrected chi connectivity index (χ2v) is 4.28. The number of ether oxygens (including phenoxy) is 1. The van der Waals surface area contributed by atoms with Crippen LogP contribution in [0.15, 0.2) is 29.3 Å². The lowest BCUT2D eigenvalue weighted by molar-refractivity contribution is 0.201. The normalized spacial score (nSPS) is 26.9. The Morgan fingerprint density at radius 3 is 3.13 bits per heavy atom. The van der Waals surface area contributed by atoms with Gasteiger partial charge in [0, 0.05) is 12.8 Å². The van der Waals surface area contributed by atoms with Crippen molar-refractivity contribution in [2.24, 2.45) is 4.99 Å². The van der Waals surface area contributed by atoms with Crippen molar-refractivity contribution in [2.45, 2.75) is 38.3 Å². The molecule has 1 aliphatic heterocycles. The summed E-state index contributed by atoms with van der Waals surface area (Å²) >= 11 is 0. The lowest BCUT2D eigenvalue weighted by Gasteiger charge is -2.07. The minimum Gasteiger partial charge on any atom is -0.475 e. The minimum atomic E-state index is 0.280. The highest BCUT2D eigenvalue weighted by molar-refractivity contribution is 5.78. The van der Waals surface area contributed by atoms with Crippen LogP contribution in [0.3, 0.4) is 0 Å². The third-order valence-corrected chi connectivity index (χ3v) is 3.18. The molecule has 2 heteroatoms. The Morgan fingerprint density at radius 1 is 1.40 bits per heavy atom. The van der Waals surface area contributed by atoms with Gasteiger partial charge in [-0.1, -0.05) is 31.2 Å². The SMILES string of the molecule is CCCC1=NC2c3ccccc3CC2O1. The number of hydrogen-bond acceptors (Lipinski definition) is 2. The van der Waals surface area contributed by atoms with Gasteiger partial charge in [0.15, 0.2) is 5.90 Å². The van der Waals surface area contributed by atoms with Gasteiger partial charge in [-0.05, 0) is 17.5 Å². The van der Waals surface area contributed by atoms with E-state index in [4.69, 9.17) is 4.74 Å². The molecular formula is C13H15NO. The zero-order chi connectivity index (χ0) is 10.3. The third-order valence-electron chi connectivity index (χ3n) is 3.18. The van der Waals surface area contributed by atoms with Crippen LogP contribution in [0.5, 0.6) is 0 Å². The average molecular weight is 201 g/mol. The molecule has 0 aromatic heterocycles. The van der Waals surface area contributed by atoms with E-state index in [9.17, 15) is 0 Å². The van der Waals surface area contributed by atoms with Crippen molar-refractivity contribution >= 4 is 5.90 Å². The summed E-state index contributed by atoms with van der Waals surface area (Å²) in [6.07, 6.45) is 3.40. The number of rotatable bonds is 2. The molecule has 1 aromatic rings. The molecular weight excluding hydrogens is 186 g/mol. The van der Waals surface area contributed by atoms with Crippen LogP contribution in [0.2, 0.25) is 0 Å². The van der Waals surface area contributed by atoms with Gasteiger partial charge in [-0.3, -0.25) is 0 Å². The fourth-order valence-electron chi connectivity index (χ4n) is 2.49. The van der Waals surface area contributed by atoms with Gasteiger partial charge in [-0.15, -0.1) is 0 Å². The molecule has 3 rings (SSSR count). The standard InChI is InChI=1S/C13H15NO/c1-2-5-12-14-13-10-7-4-3-6-9(10)8-11(13)15-12/h3-4,6-7,11,13H,2,5,8H2,1H3. The molecule has 0 saturated heterocycles. The fourth-order valence-corrected chi connectivity index (χ4v) is 2.49. The quantitative estimate of drug-likeness (QED) is 0.721. The summed E-state index contributed by atoms with van der Waals surface area (Å²) in [5.74, 6) is 0.960. The predicted molar refractivity (Wildman–Crippen MR) is 60.1 cm³/mol. The lowest BCUT2D eigenvalue weighted by Crippen LogP contribution is -2.12. The van der Waals surface area contributed by atoms with Crippen LogP contribution in [0.25, 0.3) is 0 Å². The van der Waals surface area contributed by atoms with Gasteiger partial charge in [0.2, 0.25) is 0 Å². The number of fused-ring (bicyclic) bond motifs is 3. The van der Waals surface area contributed by atoms with Gasteiger partial charge in [0.25, 0.3) is 0 Å². The molecule has 0 bridgehead atoms. The van der Waals surface area contributed by atoms with E-state index in [2.05, 4.69) is 36.2 Å². The molecule has 15 heavy (non-hydrogen) atoms. The first-order valence-electron chi connectivity index (χ1n) is 5.69. The maximum atomic E-state index is 5.86. The monoisotopic (exact) mass is 201 g/mol. The summed E-state index contributed by atoms with van der Waals surface area (Å²) < 4.78 is 5.86. The predicted octanol–water partition coefficient (Wildman–Crippen LogP) is 2.88. The van der Waals surface area contributed by atoms with Crippen molar-refractivity contribution in [3.63, 3.8) is 0 Å². The highest BCUT2D eigenvalue weighted by atomic mass is 16.5. The third kappa shape index (κ3) is 1.36. The van der Waals surface area contributed by atoms with Gasteiger partial charge >= 0.3 is 0 Å². The average Bonchev–Trinajstić information content (AvgIpc) is 2.75. The smallest absolute Gasteiger partial charge is 0.184 e. The molecule has 0 fully saturated rings. The van der Waals surface area contributed by atoms with Crippen molar-refractivity contribution < 1.29 is 4.74 Å². The molecule has 1 aromatic carbocycles. The Morgan fingerprint density at radius 2 is 2.27 bits per heavy atom. The zero-order valence-electron chi connectivity index (χ0n) is 8.94. The number of benzene rings is 1. The van der Waals surface area contributed by atoms with Crippen molar-refractivity contribution in [1.82, 2.24) is 0 Å². The van der Waals surface area contributed by atoms with Gasteiger partial charge < -0.3 is 4.74 Å². The minimum absolute atomic E-state index is 0.280. The van der Waals surface area contributed by atoms with Gasteiger partial charge in [0.05, 0.1) is 0 Å². The summed E-state index contributed by atoms with van der Waals surface area (Å²) in [6, 6.07) is 8.83. The number of nitrogens with zero attached hydrogens (tertiary/aromatic N) is 1. The van der Waals surface area contributed by atoms with Gasteiger partial charge in [-0.2, -0.15) is 0 Å². The summed E-state index contributed by atoms with van der Waals surface area (Å²) in [6.45, 7) is 2.16. The van der Waals surface area contributed by atoms with E-state index in [0.29, 0.717) is 0 Å².